The summed E-state index contributed by atoms with van der Waals surface area (Å²) in [6.07, 6.45) is 6.75. The van der Waals surface area contributed by atoms with E-state index >= 15 is 0 Å². The molecule has 1 heterocycles. The summed E-state index contributed by atoms with van der Waals surface area (Å²) in [5.74, 6) is 1.11. The van der Waals surface area contributed by atoms with Crippen molar-refractivity contribution >= 4 is 22.4 Å². The highest BCUT2D eigenvalue weighted by molar-refractivity contribution is 7.89. The molecule has 0 aromatic carbocycles. The van der Waals surface area contributed by atoms with Gasteiger partial charge in [0.15, 0.2) is 0 Å². The third-order valence-corrected chi connectivity index (χ3v) is 5.87. The Kier molecular flexibility index (Phi) is 7.08. The lowest BCUT2D eigenvalue weighted by Gasteiger charge is -2.31. The molecule has 2 atom stereocenters. The van der Waals surface area contributed by atoms with E-state index in [0.717, 1.165) is 32.4 Å². The fraction of sp³-hybridized carbons (Fsp3) is 1.00. The highest BCUT2D eigenvalue weighted by Crippen LogP contribution is 2.25. The van der Waals surface area contributed by atoms with E-state index < -0.39 is 10.0 Å². The maximum atomic E-state index is 12.2. The van der Waals surface area contributed by atoms with Crippen molar-refractivity contribution in [3.8, 4) is 0 Å². The second kappa shape index (κ2) is 7.81. The normalized spacial score (nSPS) is 29.7. The highest BCUT2D eigenvalue weighted by Gasteiger charge is 2.27. The van der Waals surface area contributed by atoms with Crippen molar-refractivity contribution in [2.75, 3.05) is 18.8 Å². The summed E-state index contributed by atoms with van der Waals surface area (Å²) in [5, 5.41) is 3.30. The van der Waals surface area contributed by atoms with Gasteiger partial charge >= 0.3 is 0 Å². The average molecular weight is 311 g/mol. The van der Waals surface area contributed by atoms with Crippen LogP contribution in [0.1, 0.15) is 45.4 Å². The molecule has 4 nitrogen and oxygen atoms in total. The van der Waals surface area contributed by atoms with Crippen molar-refractivity contribution < 1.29 is 8.42 Å². The molecule has 0 aromatic heterocycles. The van der Waals surface area contributed by atoms with Crippen LogP contribution in [0.2, 0.25) is 0 Å². The molecule has 2 rings (SSSR count). The Labute approximate surface area is 123 Å². The van der Waals surface area contributed by atoms with Gasteiger partial charge in [0.25, 0.3) is 0 Å². The maximum absolute atomic E-state index is 12.2. The van der Waals surface area contributed by atoms with Gasteiger partial charge in [0.1, 0.15) is 0 Å². The van der Waals surface area contributed by atoms with Crippen LogP contribution in [0, 0.1) is 11.8 Å². The third-order valence-electron chi connectivity index (χ3n) is 4.30. The first-order valence-electron chi connectivity index (χ1n) is 7.27. The predicted octanol–water partition coefficient (Wildman–Crippen LogP) is 1.91. The molecule has 1 aliphatic heterocycles. The van der Waals surface area contributed by atoms with E-state index in [4.69, 9.17) is 0 Å². The van der Waals surface area contributed by atoms with Crippen LogP contribution in [0.5, 0.6) is 0 Å². The van der Waals surface area contributed by atoms with Crippen molar-refractivity contribution in [2.24, 2.45) is 11.8 Å². The first-order chi connectivity index (χ1) is 8.57. The molecule has 0 aromatic rings. The molecule has 2 aliphatic rings. The smallest absolute Gasteiger partial charge is 0.212 e. The Balaban J connectivity index is 0.00000180. The quantitative estimate of drug-likeness (QED) is 0.834. The summed E-state index contributed by atoms with van der Waals surface area (Å²) < 4.78 is 27.3. The number of piperidine rings is 1. The molecule has 114 valence electrons. The van der Waals surface area contributed by atoms with Crippen LogP contribution in [0.25, 0.3) is 0 Å². The molecule has 2 fully saturated rings. The molecule has 1 saturated carbocycles. The van der Waals surface area contributed by atoms with Crippen LogP contribution in [-0.4, -0.2) is 33.3 Å². The Morgan fingerprint density at radius 3 is 2.47 bits per heavy atom. The van der Waals surface area contributed by atoms with Crippen molar-refractivity contribution in [2.45, 2.75) is 51.5 Å². The minimum Gasteiger partial charge on any atom is -0.316 e. The zero-order valence-electron chi connectivity index (χ0n) is 11.7. The molecule has 0 spiro atoms. The molecule has 1 aliphatic carbocycles. The summed E-state index contributed by atoms with van der Waals surface area (Å²) in [6, 6.07) is 0.125. The number of hydrogen-bond acceptors (Lipinski definition) is 3. The lowest BCUT2D eigenvalue weighted by molar-refractivity contribution is 0.325. The van der Waals surface area contributed by atoms with Gasteiger partial charge in [0.05, 0.1) is 5.75 Å². The topological polar surface area (TPSA) is 58.2 Å². The predicted molar refractivity (Wildman–Crippen MR) is 81.2 cm³/mol. The zero-order chi connectivity index (χ0) is 13.0. The zero-order valence-corrected chi connectivity index (χ0v) is 13.4. The van der Waals surface area contributed by atoms with E-state index in [1.807, 2.05) is 0 Å². The molecule has 0 amide bonds. The number of halogens is 1. The van der Waals surface area contributed by atoms with E-state index in [1.54, 1.807) is 0 Å². The molecule has 1 saturated heterocycles. The van der Waals surface area contributed by atoms with Crippen molar-refractivity contribution in [1.82, 2.24) is 10.0 Å². The van der Waals surface area contributed by atoms with Crippen molar-refractivity contribution in [3.05, 3.63) is 0 Å². The van der Waals surface area contributed by atoms with Gasteiger partial charge in [0.2, 0.25) is 10.0 Å². The summed E-state index contributed by atoms with van der Waals surface area (Å²) in [6.45, 7) is 3.94. The van der Waals surface area contributed by atoms with Gasteiger partial charge in [-0.1, -0.05) is 26.2 Å². The summed E-state index contributed by atoms with van der Waals surface area (Å²) in [7, 11) is -3.09. The molecular formula is C13H27ClN2O2S. The van der Waals surface area contributed by atoms with Crippen LogP contribution in [0.15, 0.2) is 0 Å². The average Bonchev–Trinajstić information content (AvgIpc) is 2.32. The molecule has 19 heavy (non-hydrogen) atoms. The van der Waals surface area contributed by atoms with Crippen LogP contribution in [0.3, 0.4) is 0 Å². The van der Waals surface area contributed by atoms with Crippen LogP contribution in [0.4, 0.5) is 0 Å². The standard InChI is InChI=1S/C13H26N2O2S.ClH/c1-11-9-14-8-7-13(11)15-18(16,17)10-12-5-3-2-4-6-12;/h11-15H,2-10H2,1H3;1H. The number of hydrogen-bond donors (Lipinski definition) is 2. The monoisotopic (exact) mass is 310 g/mol. The minimum absolute atomic E-state index is 0. The van der Waals surface area contributed by atoms with Crippen molar-refractivity contribution in [1.29, 1.82) is 0 Å². The van der Waals surface area contributed by atoms with E-state index in [0.29, 0.717) is 17.6 Å². The van der Waals surface area contributed by atoms with Gasteiger partial charge in [-0.15, -0.1) is 12.4 Å². The number of rotatable bonds is 4. The molecule has 6 heteroatoms. The van der Waals surface area contributed by atoms with E-state index in [2.05, 4.69) is 17.0 Å². The van der Waals surface area contributed by atoms with Gasteiger partial charge in [-0.3, -0.25) is 0 Å². The Morgan fingerprint density at radius 1 is 1.16 bits per heavy atom. The Morgan fingerprint density at radius 2 is 1.84 bits per heavy atom. The second-order valence-electron chi connectivity index (χ2n) is 5.98. The van der Waals surface area contributed by atoms with Gasteiger partial charge in [-0.25, -0.2) is 13.1 Å². The van der Waals surface area contributed by atoms with E-state index in [1.165, 1.54) is 19.3 Å². The Bertz CT molecular complexity index is 356. The first kappa shape index (κ1) is 17.2. The molecule has 2 unspecified atom stereocenters. The lowest BCUT2D eigenvalue weighted by Crippen LogP contribution is -2.49. The summed E-state index contributed by atoms with van der Waals surface area (Å²) in [5.41, 5.74) is 0. The van der Waals surface area contributed by atoms with Crippen LogP contribution in [-0.2, 0) is 10.0 Å². The highest BCUT2D eigenvalue weighted by atomic mass is 35.5. The first-order valence-corrected chi connectivity index (χ1v) is 8.93. The number of nitrogens with one attached hydrogen (secondary N) is 2. The van der Waals surface area contributed by atoms with Crippen LogP contribution >= 0.6 is 12.4 Å². The molecular weight excluding hydrogens is 284 g/mol. The summed E-state index contributed by atoms with van der Waals surface area (Å²) in [4.78, 5) is 0. The maximum Gasteiger partial charge on any atom is 0.212 e. The largest absolute Gasteiger partial charge is 0.316 e. The van der Waals surface area contributed by atoms with Gasteiger partial charge < -0.3 is 5.32 Å². The van der Waals surface area contributed by atoms with E-state index in [9.17, 15) is 8.42 Å². The van der Waals surface area contributed by atoms with Gasteiger partial charge in [-0.05, 0) is 44.2 Å². The minimum atomic E-state index is -3.09. The van der Waals surface area contributed by atoms with Crippen LogP contribution < -0.4 is 10.0 Å². The second-order valence-corrected chi connectivity index (χ2v) is 7.78. The van der Waals surface area contributed by atoms with E-state index in [-0.39, 0.29) is 18.4 Å². The van der Waals surface area contributed by atoms with Gasteiger partial charge in [-0.2, -0.15) is 0 Å². The fourth-order valence-corrected chi connectivity index (χ4v) is 4.99. The lowest BCUT2D eigenvalue weighted by atomic mass is 9.91. The molecule has 0 bridgehead atoms. The SMILES string of the molecule is CC1CNCCC1NS(=O)(=O)CC1CCCCC1.Cl. The third kappa shape index (κ3) is 5.58. The summed E-state index contributed by atoms with van der Waals surface area (Å²) >= 11 is 0. The van der Waals surface area contributed by atoms with Crippen molar-refractivity contribution in [3.63, 3.8) is 0 Å². The fourth-order valence-electron chi connectivity index (χ4n) is 3.13. The Hall–Kier alpha value is 0.160. The molecule has 2 N–H and O–H groups in total. The van der Waals surface area contributed by atoms with Gasteiger partial charge in [0, 0.05) is 6.04 Å². The number of sulfonamides is 1. The molecule has 0 radical (unpaired) electrons.